The molecule has 1 amide bonds. The molecule has 0 fully saturated rings. The number of hydrogen-bond acceptors (Lipinski definition) is 3. The molecule has 7 heteroatoms. The van der Waals surface area contributed by atoms with Crippen LogP contribution in [0.15, 0.2) is 47.4 Å². The van der Waals surface area contributed by atoms with Crippen molar-refractivity contribution in [2.75, 3.05) is 11.1 Å². The predicted molar refractivity (Wildman–Crippen MR) is 88.1 cm³/mol. The molecule has 0 aliphatic heterocycles. The van der Waals surface area contributed by atoms with E-state index in [1.807, 2.05) is 0 Å². The van der Waals surface area contributed by atoms with Crippen molar-refractivity contribution < 1.29 is 17.6 Å². The SMILES string of the molecule is CCCS(=O)(=O)c1ccccc1C(=O)Nc1ccc(F)c(Cl)c1. The average Bonchev–Trinajstić information content (AvgIpc) is 2.51. The van der Waals surface area contributed by atoms with E-state index in [1.54, 1.807) is 19.1 Å². The largest absolute Gasteiger partial charge is 0.322 e. The Morgan fingerprint density at radius 1 is 1.22 bits per heavy atom. The molecule has 0 unspecified atom stereocenters. The molecule has 1 N–H and O–H groups in total. The van der Waals surface area contributed by atoms with Crippen molar-refractivity contribution in [2.24, 2.45) is 0 Å². The highest BCUT2D eigenvalue weighted by Crippen LogP contribution is 2.22. The molecule has 0 spiro atoms. The van der Waals surface area contributed by atoms with E-state index < -0.39 is 21.6 Å². The number of benzene rings is 2. The van der Waals surface area contributed by atoms with Crippen molar-refractivity contribution in [1.82, 2.24) is 0 Å². The second-order valence-electron chi connectivity index (χ2n) is 4.90. The summed E-state index contributed by atoms with van der Waals surface area (Å²) in [4.78, 5) is 12.3. The molecule has 0 saturated heterocycles. The lowest BCUT2D eigenvalue weighted by molar-refractivity contribution is 0.102. The van der Waals surface area contributed by atoms with Gasteiger partial charge in [-0.15, -0.1) is 0 Å². The zero-order valence-electron chi connectivity index (χ0n) is 12.3. The predicted octanol–water partition coefficient (Wildman–Crippen LogP) is 3.92. The molecule has 23 heavy (non-hydrogen) atoms. The summed E-state index contributed by atoms with van der Waals surface area (Å²) in [6.07, 6.45) is 0.450. The van der Waals surface area contributed by atoms with Gasteiger partial charge in [0.2, 0.25) is 0 Å². The summed E-state index contributed by atoms with van der Waals surface area (Å²) >= 11 is 5.67. The summed E-state index contributed by atoms with van der Waals surface area (Å²) in [6, 6.07) is 9.71. The van der Waals surface area contributed by atoms with Gasteiger partial charge in [0, 0.05) is 5.69 Å². The van der Waals surface area contributed by atoms with Crippen LogP contribution in [0, 0.1) is 5.82 Å². The van der Waals surface area contributed by atoms with Crippen LogP contribution in [0.3, 0.4) is 0 Å². The maximum absolute atomic E-state index is 13.1. The zero-order chi connectivity index (χ0) is 17.0. The Labute approximate surface area is 139 Å². The molecule has 4 nitrogen and oxygen atoms in total. The Kier molecular flexibility index (Phi) is 5.38. The van der Waals surface area contributed by atoms with Gasteiger partial charge in [-0.1, -0.05) is 30.7 Å². The lowest BCUT2D eigenvalue weighted by Crippen LogP contribution is -2.17. The van der Waals surface area contributed by atoms with E-state index in [4.69, 9.17) is 11.6 Å². The molecule has 0 saturated carbocycles. The average molecular weight is 356 g/mol. The Morgan fingerprint density at radius 2 is 1.91 bits per heavy atom. The van der Waals surface area contributed by atoms with Crippen LogP contribution in [0.5, 0.6) is 0 Å². The van der Waals surface area contributed by atoms with Gasteiger partial charge in [-0.3, -0.25) is 4.79 Å². The van der Waals surface area contributed by atoms with Crippen LogP contribution in [0.1, 0.15) is 23.7 Å². The lowest BCUT2D eigenvalue weighted by Gasteiger charge is -2.11. The van der Waals surface area contributed by atoms with Gasteiger partial charge in [-0.05, 0) is 36.8 Å². The third kappa shape index (κ3) is 4.09. The second kappa shape index (κ2) is 7.10. The molecule has 0 aliphatic carbocycles. The van der Waals surface area contributed by atoms with Gasteiger partial charge in [0.1, 0.15) is 5.82 Å². The maximum Gasteiger partial charge on any atom is 0.256 e. The summed E-state index contributed by atoms with van der Waals surface area (Å²) in [7, 11) is -3.54. The molecule has 0 heterocycles. The first-order chi connectivity index (χ1) is 10.8. The van der Waals surface area contributed by atoms with Gasteiger partial charge < -0.3 is 5.32 Å². The first kappa shape index (κ1) is 17.4. The Morgan fingerprint density at radius 3 is 2.57 bits per heavy atom. The summed E-state index contributed by atoms with van der Waals surface area (Å²) in [6.45, 7) is 1.75. The van der Waals surface area contributed by atoms with Crippen LogP contribution >= 0.6 is 11.6 Å². The van der Waals surface area contributed by atoms with E-state index in [9.17, 15) is 17.6 Å². The van der Waals surface area contributed by atoms with Crippen LogP contribution < -0.4 is 5.32 Å². The number of anilines is 1. The molecule has 2 aromatic rings. The first-order valence-corrected chi connectivity index (χ1v) is 8.96. The molecule has 2 rings (SSSR count). The van der Waals surface area contributed by atoms with E-state index in [2.05, 4.69) is 5.32 Å². The highest BCUT2D eigenvalue weighted by Gasteiger charge is 2.21. The van der Waals surface area contributed by atoms with E-state index in [1.165, 1.54) is 24.3 Å². The van der Waals surface area contributed by atoms with Crippen molar-refractivity contribution in [1.29, 1.82) is 0 Å². The molecule has 0 aromatic heterocycles. The third-order valence-electron chi connectivity index (χ3n) is 3.12. The molecule has 0 radical (unpaired) electrons. The minimum absolute atomic E-state index is 0.0208. The van der Waals surface area contributed by atoms with E-state index >= 15 is 0 Å². The minimum atomic E-state index is -3.54. The number of nitrogens with one attached hydrogen (secondary N) is 1. The molecule has 0 atom stereocenters. The fourth-order valence-corrected chi connectivity index (χ4v) is 3.80. The highest BCUT2D eigenvalue weighted by atomic mass is 35.5. The molecule has 0 bridgehead atoms. The summed E-state index contributed by atoms with van der Waals surface area (Å²) in [5.74, 6) is -1.24. The van der Waals surface area contributed by atoms with Crippen LogP contribution in [0.25, 0.3) is 0 Å². The van der Waals surface area contributed by atoms with Crippen molar-refractivity contribution in [2.45, 2.75) is 18.2 Å². The number of hydrogen-bond donors (Lipinski definition) is 1. The van der Waals surface area contributed by atoms with Crippen LogP contribution in [0.4, 0.5) is 10.1 Å². The van der Waals surface area contributed by atoms with Gasteiger partial charge in [0.15, 0.2) is 9.84 Å². The minimum Gasteiger partial charge on any atom is -0.322 e. The molecule has 0 aliphatic rings. The number of carbonyl (C=O) groups excluding carboxylic acids is 1. The molecule has 2 aromatic carbocycles. The van der Waals surface area contributed by atoms with Crippen LogP contribution in [0.2, 0.25) is 5.02 Å². The number of carbonyl (C=O) groups is 1. The van der Waals surface area contributed by atoms with E-state index in [0.29, 0.717) is 6.42 Å². The molecule has 122 valence electrons. The third-order valence-corrected chi connectivity index (χ3v) is 5.38. The van der Waals surface area contributed by atoms with Gasteiger partial charge >= 0.3 is 0 Å². The topological polar surface area (TPSA) is 63.2 Å². The number of rotatable bonds is 5. The van der Waals surface area contributed by atoms with Crippen molar-refractivity contribution >= 4 is 33.0 Å². The van der Waals surface area contributed by atoms with Crippen molar-refractivity contribution in [3.8, 4) is 0 Å². The number of halogens is 2. The lowest BCUT2D eigenvalue weighted by atomic mass is 10.2. The van der Waals surface area contributed by atoms with Gasteiger partial charge in [-0.2, -0.15) is 0 Å². The maximum atomic E-state index is 13.1. The van der Waals surface area contributed by atoms with E-state index in [-0.39, 0.29) is 26.9 Å². The number of sulfone groups is 1. The smallest absolute Gasteiger partial charge is 0.256 e. The number of amides is 1. The molecular weight excluding hydrogens is 341 g/mol. The Balaban J connectivity index is 2.35. The fourth-order valence-electron chi connectivity index (χ4n) is 2.08. The monoisotopic (exact) mass is 355 g/mol. The summed E-state index contributed by atoms with van der Waals surface area (Å²) in [5, 5.41) is 2.40. The van der Waals surface area contributed by atoms with Gasteiger partial charge in [0.05, 0.1) is 21.2 Å². The molecular formula is C16H15ClFNO3S. The van der Waals surface area contributed by atoms with Gasteiger partial charge in [0.25, 0.3) is 5.91 Å². The normalized spacial score (nSPS) is 11.3. The summed E-state index contributed by atoms with van der Waals surface area (Å²) < 4.78 is 37.7. The Hall–Kier alpha value is -1.92. The van der Waals surface area contributed by atoms with E-state index in [0.717, 1.165) is 6.07 Å². The highest BCUT2D eigenvalue weighted by molar-refractivity contribution is 7.91. The second-order valence-corrected chi connectivity index (χ2v) is 7.38. The van der Waals surface area contributed by atoms with Gasteiger partial charge in [-0.25, -0.2) is 12.8 Å². The Bertz CT molecular complexity index is 837. The zero-order valence-corrected chi connectivity index (χ0v) is 13.9. The van der Waals surface area contributed by atoms with Crippen molar-refractivity contribution in [3.05, 3.63) is 58.9 Å². The van der Waals surface area contributed by atoms with Crippen LogP contribution in [-0.2, 0) is 9.84 Å². The quantitative estimate of drug-likeness (QED) is 0.884. The van der Waals surface area contributed by atoms with Crippen LogP contribution in [-0.4, -0.2) is 20.1 Å². The standard InChI is InChI=1S/C16H15ClFNO3S/c1-2-9-23(21,22)15-6-4-3-5-12(15)16(20)19-11-7-8-14(18)13(17)10-11/h3-8,10H,2,9H2,1H3,(H,19,20). The fraction of sp³-hybridized carbons (Fsp3) is 0.188. The van der Waals surface area contributed by atoms with Crippen molar-refractivity contribution in [3.63, 3.8) is 0 Å². The summed E-state index contributed by atoms with van der Waals surface area (Å²) in [5.41, 5.74) is 0.325. The first-order valence-electron chi connectivity index (χ1n) is 6.93.